The zero-order valence-corrected chi connectivity index (χ0v) is 85.4. The molecule has 822 valence electrons. The van der Waals surface area contributed by atoms with E-state index in [2.05, 4.69) is 56.6 Å². The Morgan fingerprint density at radius 1 is 0.507 bits per heavy atom. The quantitative estimate of drug-likeness (QED) is 0.00213. The van der Waals surface area contributed by atoms with Gasteiger partial charge in [-0.1, -0.05) is 41.5 Å². The zero-order chi connectivity index (χ0) is 110. The van der Waals surface area contributed by atoms with Gasteiger partial charge in [0, 0.05) is 133 Å². The van der Waals surface area contributed by atoms with Crippen LogP contribution in [0.3, 0.4) is 0 Å². The highest BCUT2D eigenvalue weighted by atomic mass is 35.5. The van der Waals surface area contributed by atoms with Crippen molar-refractivity contribution < 1.29 is 144 Å². The molecule has 48 nitrogen and oxygen atoms in total. The molecule has 5 aliphatic rings. The molecule has 0 radical (unpaired) electrons. The van der Waals surface area contributed by atoms with E-state index in [-0.39, 0.29) is 103 Å². The van der Waals surface area contributed by atoms with E-state index < -0.39 is 62.4 Å². The molecule has 11 aromatic rings. The molecule has 9 N–H and O–H groups in total. The van der Waals surface area contributed by atoms with E-state index in [9.17, 15) is 54.3 Å². The van der Waals surface area contributed by atoms with E-state index in [1.54, 1.807) is 80.2 Å². The number of halogens is 3. The third kappa shape index (κ3) is 32.6. The Bertz CT molecular complexity index is 6370. The number of ether oxygens (including phenoxy) is 10. The molecule has 0 amide bonds. The number of carboxylic acids is 1. The SMILES string of the molecule is C.CC(=O)O.COc1cc(OC)c(F)c(C2CCCc3c(-c4c([N+](=O)[O-])cnn4C)n[nH]c3C2)c1F.COc1cc(OC)cc(B(O)O)c1.COc1cc(OC)cc(C2CCCC(C(=O)c3c([N+](=O)[O-])cnn3C)C(=O)C2)c1.COc1cc(OC)cc(C2CCCCC(=O)C2)c1.COc1cc(OC)cc(C2CCCc3c(-c4c([N+](=O)[O-])cnn4C)n[nH]c3C2)c1.Cn1ncc(N(OO)OO)c1C(=O)Cl.NN=O.O=C1C=CCCCC1.[HH].[HH].[HH].[HH].[HH].[HH]. The Morgan fingerprint density at radius 2 is 0.880 bits per heavy atom. The Balaban J connectivity index is 0.000000922. The number of rotatable bonds is 26. The van der Waals surface area contributed by atoms with Crippen LogP contribution in [0, 0.1) is 52.8 Å². The van der Waals surface area contributed by atoms with Gasteiger partial charge in [-0.3, -0.25) is 93.9 Å². The number of carbonyl (C=O) groups is 6. The summed E-state index contributed by atoms with van der Waals surface area (Å²) < 4.78 is 87.3. The second-order valence-corrected chi connectivity index (χ2v) is 34.4. The first-order chi connectivity index (χ1) is 71.3. The van der Waals surface area contributed by atoms with Gasteiger partial charge in [0.15, 0.2) is 57.5 Å². The summed E-state index contributed by atoms with van der Waals surface area (Å²) in [5.41, 5.74) is 7.86. The first kappa shape index (κ1) is 121. The number of nitrogens with two attached hydrogens (primary N) is 1. The van der Waals surface area contributed by atoms with Gasteiger partial charge >= 0.3 is 24.2 Å². The number of aromatic amines is 2. The van der Waals surface area contributed by atoms with Gasteiger partial charge in [-0.05, 0) is 208 Å². The van der Waals surface area contributed by atoms with E-state index in [4.69, 9.17) is 94.3 Å². The molecule has 6 heterocycles. The van der Waals surface area contributed by atoms with Crippen LogP contribution in [0.4, 0.5) is 31.5 Å². The van der Waals surface area contributed by atoms with E-state index in [0.29, 0.717) is 113 Å². The minimum atomic E-state index is -1.51. The summed E-state index contributed by atoms with van der Waals surface area (Å²) in [6.07, 6.45) is 24.4. The number of aryl methyl sites for hydroxylation is 4. The standard InChI is InChI=1S/C20H21F2N5O4.C20H23N5O4.C20H23N3O6.C15H20O3.C8H11BO4.C7H10O.C5H6ClN3O5.C2H4O2.CH4.H2N2O.6H2/c1-26-20(13(9-23-26)27(28)29)19-11-6-4-5-10(7-12(11)24-25-19)16-17(21)14(30-2)8-15(31-3)18(16)22;1-24-20(18(11-21-24)25(26)27)19-16-6-4-5-12(9-17(16)22-23-19)13-7-14(28-2)10-15(8-13)29-3;1-22-19(17(11-21-22)23(26)27)20(25)16-6-4-5-12(9-18(16)24)13-7-14(28-2)10-15(8-13)29-3;1-17-14-8-12(9-15(10-14)18-2)11-5-3-4-6-13(16)7-11;1-12-7-3-6(9(10)11)4-8(5-7)13-2;8-7-5-3-1-2-4-6-7;1-8-4(5(6)10)3(2-7-8)9(13-11)14-12;1-2(3)4;;1-2-3;;;;;;/h8-10H,4-7H2,1-3H3,(H,24,25);7-8,10-12H,4-6,9H2,1-3H3,(H,22,23);7-8,10-12,16H,4-6,9H2,1-3H3;8-11H,3-7H2,1-2H3;3-5,10-11H,1-2H3;3,5H,1-2,4,6H2;2,11-12H,1H3;1H3,(H,3,4);1H4;(H2,1,3);6*1H. The monoisotopic (exact) mass is 2130 g/mol. The largest absolute Gasteiger partial charge is 0.497 e. The normalized spacial score (nSPS) is 15.8. The molecule has 16 rings (SSSR count). The van der Waals surface area contributed by atoms with Crippen molar-refractivity contribution in [2.24, 2.45) is 45.2 Å². The lowest BCUT2D eigenvalue weighted by Gasteiger charge is -2.19. The van der Waals surface area contributed by atoms with Crippen LogP contribution in [0.1, 0.15) is 221 Å². The molecule has 5 atom stereocenters. The maximum absolute atomic E-state index is 15.0. The lowest BCUT2D eigenvalue weighted by molar-refractivity contribution is -0.402. The van der Waals surface area contributed by atoms with Gasteiger partial charge in [0.2, 0.25) is 0 Å². The van der Waals surface area contributed by atoms with Gasteiger partial charge in [-0.25, -0.2) is 19.3 Å². The summed E-state index contributed by atoms with van der Waals surface area (Å²) >= 11 is 5.21. The fraction of sp³-hybridized carbons (Fsp3) is 0.429. The molecule has 6 aromatic heterocycles. The first-order valence-corrected chi connectivity index (χ1v) is 46.8. The molecular weight excluding hydrogens is 1990 g/mol. The van der Waals surface area contributed by atoms with Crippen LogP contribution >= 0.6 is 11.6 Å². The number of nitro groups is 3. The number of hydrogen-bond acceptors (Lipinski definition) is 37. The van der Waals surface area contributed by atoms with Crippen molar-refractivity contribution in [3.05, 3.63) is 219 Å². The number of methoxy groups -OCH3 is 10. The topological polar surface area (TPSA) is 631 Å². The smallest absolute Gasteiger partial charge is 0.488 e. The number of allylic oxidation sites excluding steroid dienone is 2. The molecule has 0 saturated heterocycles. The summed E-state index contributed by atoms with van der Waals surface area (Å²) in [4.78, 5) is 116. The lowest BCUT2D eigenvalue weighted by Crippen LogP contribution is -2.29. The van der Waals surface area contributed by atoms with Crippen LogP contribution in [0.25, 0.3) is 22.8 Å². The van der Waals surface area contributed by atoms with Gasteiger partial charge in [-0.2, -0.15) is 30.6 Å². The molecule has 5 aromatic carbocycles. The van der Waals surface area contributed by atoms with Crippen molar-refractivity contribution in [2.75, 3.05) is 76.3 Å². The third-order valence-corrected chi connectivity index (χ3v) is 24.9. The number of nitroso groups, excluding NO2 is 1. The van der Waals surface area contributed by atoms with Crippen LogP contribution in [0.5, 0.6) is 57.5 Å². The van der Waals surface area contributed by atoms with Crippen LogP contribution in [0.15, 0.2) is 121 Å². The van der Waals surface area contributed by atoms with E-state index in [0.717, 1.165) is 158 Å². The molecule has 0 bridgehead atoms. The zero-order valence-electron chi connectivity index (χ0n) is 84.6. The number of nitrogens with one attached hydrogen (secondary N) is 2. The molecule has 150 heavy (non-hydrogen) atoms. The minimum absolute atomic E-state index is 0. The summed E-state index contributed by atoms with van der Waals surface area (Å²) in [7, 11) is 20.0. The van der Waals surface area contributed by atoms with Crippen LogP contribution in [0.2, 0.25) is 0 Å². The average molecular weight is 2130 g/mol. The number of aliphatic carboxylic acids is 1. The van der Waals surface area contributed by atoms with Gasteiger partial charge in [0.25, 0.3) is 11.2 Å². The number of ketones is 4. The molecular formula is C98H136BClF2N18O30. The van der Waals surface area contributed by atoms with Gasteiger partial charge in [0.05, 0.1) is 98.0 Å². The Labute approximate surface area is 874 Å². The number of benzene rings is 5. The van der Waals surface area contributed by atoms with E-state index >= 15 is 8.78 Å². The summed E-state index contributed by atoms with van der Waals surface area (Å²) in [6.45, 7) is 1.08. The van der Waals surface area contributed by atoms with Crippen molar-refractivity contribution in [3.8, 4) is 80.3 Å². The summed E-state index contributed by atoms with van der Waals surface area (Å²) in [6, 6.07) is 23.3. The number of Topliss-reactive ketones (excluding diaryl/α,β-unsaturated/α-hetero) is 3. The number of hydrogen-bond donors (Lipinski definition) is 8. The number of anilines is 1. The fourth-order valence-corrected chi connectivity index (χ4v) is 17.7. The van der Waals surface area contributed by atoms with Crippen LogP contribution < -0.4 is 63.9 Å². The van der Waals surface area contributed by atoms with Crippen LogP contribution in [-0.4, -0.2) is 213 Å². The Hall–Kier alpha value is -15.7. The van der Waals surface area contributed by atoms with Crippen molar-refractivity contribution in [1.29, 1.82) is 0 Å². The van der Waals surface area contributed by atoms with Crippen LogP contribution in [-0.2, 0) is 83.0 Å². The number of carbonyl (C=O) groups excluding carboxylic acids is 5. The lowest BCUT2D eigenvalue weighted by atomic mass is 9.80. The predicted octanol–water partition coefficient (Wildman–Crippen LogP) is 16.8. The van der Waals surface area contributed by atoms with Crippen molar-refractivity contribution in [1.82, 2.24) is 59.5 Å². The van der Waals surface area contributed by atoms with E-state index in [1.807, 2.05) is 54.6 Å². The molecule has 5 unspecified atom stereocenters. The fourth-order valence-electron chi connectivity index (χ4n) is 17.5. The first-order valence-electron chi connectivity index (χ1n) is 46.4. The van der Waals surface area contributed by atoms with Crippen molar-refractivity contribution in [3.63, 3.8) is 0 Å². The highest BCUT2D eigenvalue weighted by Crippen LogP contribution is 2.46. The summed E-state index contributed by atoms with van der Waals surface area (Å²) in [5.74, 6) is 5.87. The molecule has 5 aliphatic carbocycles. The Kier molecular flexibility index (Phi) is 47.9. The second-order valence-electron chi connectivity index (χ2n) is 34.0. The maximum Gasteiger partial charge on any atom is 0.488 e. The number of carboxylic acid groups (broad SMARTS) is 1. The molecule has 52 heteroatoms. The van der Waals surface area contributed by atoms with Crippen molar-refractivity contribution in [2.45, 2.75) is 173 Å². The minimum Gasteiger partial charge on any atom is -0.497 e. The Morgan fingerprint density at radius 3 is 1.29 bits per heavy atom. The van der Waals surface area contributed by atoms with Gasteiger partial charge < -0.3 is 62.5 Å². The number of H-pyrrole nitrogens is 2. The highest BCUT2D eigenvalue weighted by molar-refractivity contribution is 6.68. The molecule has 2 saturated carbocycles. The highest BCUT2D eigenvalue weighted by Gasteiger charge is 2.40. The van der Waals surface area contributed by atoms with Gasteiger partial charge in [-0.15, -0.1) is 4.91 Å². The average Bonchev–Trinajstić information content (AvgIpc) is 1.57. The summed E-state index contributed by atoms with van der Waals surface area (Å²) in [5, 5.41) is 107. The maximum atomic E-state index is 15.0. The number of fused-ring (bicyclic) bond motifs is 2. The second kappa shape index (κ2) is 59.3. The predicted molar refractivity (Wildman–Crippen MR) is 554 cm³/mol. The third-order valence-electron chi connectivity index (χ3n) is 24.7. The molecule has 2 fully saturated rings. The van der Waals surface area contributed by atoms with Gasteiger partial charge in [0.1, 0.15) is 93.2 Å². The van der Waals surface area contributed by atoms with Crippen molar-refractivity contribution >= 4 is 81.3 Å². The molecule has 0 aliphatic heterocycles. The number of nitrogens with zero attached hydrogens (tertiary/aromatic N) is 15. The van der Waals surface area contributed by atoms with E-state index in [1.165, 1.54) is 93.6 Å². The molecule has 0 spiro atoms. The number of aromatic nitrogens is 12.